The van der Waals surface area contributed by atoms with Gasteiger partial charge in [0.15, 0.2) is 5.82 Å². The maximum absolute atomic E-state index is 6.64. The molecular weight excluding hydrogens is 699 g/mol. The van der Waals surface area contributed by atoms with Gasteiger partial charge in [0, 0.05) is 34.2 Å². The average Bonchev–Trinajstić information content (AvgIpc) is 3.84. The fourth-order valence-electron chi connectivity index (χ4n) is 7.72. The molecule has 0 N–H and O–H groups in total. The van der Waals surface area contributed by atoms with Crippen LogP contribution in [0.2, 0.25) is 0 Å². The van der Waals surface area contributed by atoms with Crippen molar-refractivity contribution in [3.8, 4) is 56.6 Å². The molecule has 9 rings (SSSR count). The van der Waals surface area contributed by atoms with Crippen molar-refractivity contribution in [3.05, 3.63) is 175 Å². The standard InChI is InChI=1S/C51H45N5O/c1-50(2,3)38-24-22-34(23-25-38)36-28-29-52-47(31-36)56-46-32-40(26-27-42(46)43-19-13-20-44(48(43)56)51(4,5)6)57-39-17-12-16-37(30-39)49-53-33-55(54-49)45-21-11-10-18-41(45)35-14-8-7-9-15-35/h7-33H,1-6H3. The molecule has 0 spiro atoms. The molecule has 6 aromatic carbocycles. The van der Waals surface area contributed by atoms with Gasteiger partial charge in [0.25, 0.3) is 0 Å². The van der Waals surface area contributed by atoms with Crippen molar-refractivity contribution < 1.29 is 4.74 Å². The summed E-state index contributed by atoms with van der Waals surface area (Å²) < 4.78 is 10.8. The van der Waals surface area contributed by atoms with Crippen molar-refractivity contribution in [1.29, 1.82) is 0 Å². The second kappa shape index (κ2) is 14.1. The van der Waals surface area contributed by atoms with Gasteiger partial charge < -0.3 is 4.74 Å². The third kappa shape index (κ3) is 6.89. The smallest absolute Gasteiger partial charge is 0.181 e. The van der Waals surface area contributed by atoms with Gasteiger partial charge in [0.2, 0.25) is 0 Å². The maximum atomic E-state index is 6.64. The van der Waals surface area contributed by atoms with Crippen molar-refractivity contribution in [3.63, 3.8) is 0 Å². The van der Waals surface area contributed by atoms with Gasteiger partial charge in [-0.3, -0.25) is 4.57 Å². The summed E-state index contributed by atoms with van der Waals surface area (Å²) in [5.74, 6) is 2.90. The summed E-state index contributed by atoms with van der Waals surface area (Å²) in [6, 6.07) is 52.7. The molecule has 0 bridgehead atoms. The minimum absolute atomic E-state index is 0.0880. The van der Waals surface area contributed by atoms with Crippen LogP contribution in [0.25, 0.3) is 67.0 Å². The second-order valence-corrected chi connectivity index (χ2v) is 16.7. The van der Waals surface area contributed by atoms with Crippen LogP contribution in [-0.4, -0.2) is 24.3 Å². The lowest BCUT2D eigenvalue weighted by Gasteiger charge is -2.22. The summed E-state index contributed by atoms with van der Waals surface area (Å²) in [5, 5.41) is 7.23. The second-order valence-electron chi connectivity index (χ2n) is 16.7. The van der Waals surface area contributed by atoms with Crippen molar-refractivity contribution in [2.45, 2.75) is 52.4 Å². The minimum atomic E-state index is -0.101. The summed E-state index contributed by atoms with van der Waals surface area (Å²) in [5.41, 5.74) is 11.1. The quantitative estimate of drug-likeness (QED) is 0.163. The number of benzene rings is 6. The number of hydrogen-bond donors (Lipinski definition) is 0. The molecule has 9 aromatic rings. The number of para-hydroxylation sites is 2. The fourth-order valence-corrected chi connectivity index (χ4v) is 7.72. The Labute approximate surface area is 334 Å². The molecule has 0 fully saturated rings. The van der Waals surface area contributed by atoms with Crippen LogP contribution in [0.3, 0.4) is 0 Å². The van der Waals surface area contributed by atoms with E-state index in [-0.39, 0.29) is 10.8 Å². The zero-order valence-electron chi connectivity index (χ0n) is 33.2. The van der Waals surface area contributed by atoms with Crippen molar-refractivity contribution in [1.82, 2.24) is 24.3 Å². The first kappa shape index (κ1) is 35.9. The molecule has 0 saturated carbocycles. The molecule has 0 aliphatic carbocycles. The first-order valence-electron chi connectivity index (χ1n) is 19.5. The number of rotatable bonds is 7. The highest BCUT2D eigenvalue weighted by atomic mass is 16.5. The molecule has 0 aliphatic heterocycles. The molecule has 0 radical (unpaired) electrons. The first-order valence-corrected chi connectivity index (χ1v) is 19.5. The monoisotopic (exact) mass is 743 g/mol. The number of ether oxygens (including phenoxy) is 1. The summed E-state index contributed by atoms with van der Waals surface area (Å²) in [4.78, 5) is 9.71. The van der Waals surface area contributed by atoms with Gasteiger partial charge >= 0.3 is 0 Å². The summed E-state index contributed by atoms with van der Waals surface area (Å²) in [7, 11) is 0. The van der Waals surface area contributed by atoms with Crippen LogP contribution in [0.1, 0.15) is 52.7 Å². The van der Waals surface area contributed by atoms with E-state index >= 15 is 0 Å². The van der Waals surface area contributed by atoms with Crippen LogP contribution in [0.4, 0.5) is 0 Å². The highest BCUT2D eigenvalue weighted by Crippen LogP contribution is 2.40. The highest BCUT2D eigenvalue weighted by Gasteiger charge is 2.24. The van der Waals surface area contributed by atoms with Crippen molar-refractivity contribution >= 4 is 21.8 Å². The average molecular weight is 744 g/mol. The Morgan fingerprint density at radius 3 is 2.05 bits per heavy atom. The van der Waals surface area contributed by atoms with E-state index in [2.05, 4.69) is 143 Å². The Hall–Kier alpha value is -6.79. The van der Waals surface area contributed by atoms with E-state index in [0.717, 1.165) is 61.5 Å². The molecular formula is C51H45N5O. The molecule has 280 valence electrons. The predicted molar refractivity (Wildman–Crippen MR) is 234 cm³/mol. The van der Waals surface area contributed by atoms with E-state index in [0.29, 0.717) is 11.6 Å². The lowest BCUT2D eigenvalue weighted by Crippen LogP contribution is -2.13. The molecule has 6 heteroatoms. The Morgan fingerprint density at radius 2 is 1.26 bits per heavy atom. The third-order valence-electron chi connectivity index (χ3n) is 10.7. The van der Waals surface area contributed by atoms with E-state index < -0.39 is 0 Å². The third-order valence-corrected chi connectivity index (χ3v) is 10.7. The van der Waals surface area contributed by atoms with E-state index in [4.69, 9.17) is 19.8 Å². The van der Waals surface area contributed by atoms with E-state index in [1.165, 1.54) is 16.5 Å². The summed E-state index contributed by atoms with van der Waals surface area (Å²) in [6.07, 6.45) is 3.69. The van der Waals surface area contributed by atoms with Gasteiger partial charge in [-0.25, -0.2) is 14.6 Å². The Kier molecular flexibility index (Phi) is 8.85. The molecule has 0 atom stereocenters. The Balaban J connectivity index is 1.10. The highest BCUT2D eigenvalue weighted by molar-refractivity contribution is 6.11. The van der Waals surface area contributed by atoms with E-state index in [9.17, 15) is 0 Å². The maximum Gasteiger partial charge on any atom is 0.181 e. The summed E-state index contributed by atoms with van der Waals surface area (Å²) >= 11 is 0. The largest absolute Gasteiger partial charge is 0.457 e. The number of nitrogens with zero attached hydrogens (tertiary/aromatic N) is 5. The van der Waals surface area contributed by atoms with Gasteiger partial charge in [-0.1, -0.05) is 145 Å². The SMILES string of the molecule is CC(C)(C)c1ccc(-c2ccnc(-n3c4cc(Oc5cccc(-c6ncn(-c7ccccc7-c7ccccc7)n6)c5)ccc4c4cccc(C(C)(C)C)c43)c2)cc1. The number of fused-ring (bicyclic) bond motifs is 3. The fraction of sp³-hybridized carbons (Fsp3) is 0.157. The molecule has 0 aliphatic rings. The van der Waals surface area contributed by atoms with Gasteiger partial charge in [-0.05, 0) is 81.1 Å². The Bertz CT molecular complexity index is 2890. The van der Waals surface area contributed by atoms with Gasteiger partial charge in [0.05, 0.1) is 16.7 Å². The minimum Gasteiger partial charge on any atom is -0.457 e. The van der Waals surface area contributed by atoms with Gasteiger partial charge in [-0.2, -0.15) is 0 Å². The molecule has 3 aromatic heterocycles. The zero-order valence-corrected chi connectivity index (χ0v) is 33.2. The lowest BCUT2D eigenvalue weighted by atomic mass is 9.85. The van der Waals surface area contributed by atoms with Crippen LogP contribution < -0.4 is 4.74 Å². The van der Waals surface area contributed by atoms with Crippen LogP contribution in [0.15, 0.2) is 164 Å². The van der Waals surface area contributed by atoms with Crippen LogP contribution in [0.5, 0.6) is 11.5 Å². The lowest BCUT2D eigenvalue weighted by molar-refractivity contribution is 0.483. The summed E-state index contributed by atoms with van der Waals surface area (Å²) in [6.45, 7) is 13.5. The molecule has 0 amide bonds. The van der Waals surface area contributed by atoms with Crippen LogP contribution in [0, 0.1) is 0 Å². The van der Waals surface area contributed by atoms with E-state index in [1.54, 1.807) is 6.33 Å². The van der Waals surface area contributed by atoms with Gasteiger partial charge in [-0.15, -0.1) is 5.10 Å². The molecule has 57 heavy (non-hydrogen) atoms. The van der Waals surface area contributed by atoms with Crippen molar-refractivity contribution in [2.24, 2.45) is 0 Å². The normalized spacial score (nSPS) is 12.0. The van der Waals surface area contributed by atoms with Crippen molar-refractivity contribution in [2.75, 3.05) is 0 Å². The van der Waals surface area contributed by atoms with Crippen LogP contribution >= 0.6 is 0 Å². The van der Waals surface area contributed by atoms with Crippen LogP contribution in [-0.2, 0) is 10.8 Å². The number of hydrogen-bond acceptors (Lipinski definition) is 4. The zero-order chi connectivity index (χ0) is 39.3. The van der Waals surface area contributed by atoms with Gasteiger partial charge in [0.1, 0.15) is 23.6 Å². The number of pyridine rings is 1. The molecule has 6 nitrogen and oxygen atoms in total. The Morgan fingerprint density at radius 1 is 0.526 bits per heavy atom. The number of aromatic nitrogens is 5. The molecule has 0 saturated heterocycles. The topological polar surface area (TPSA) is 57.8 Å². The first-order chi connectivity index (χ1) is 27.5. The molecule has 3 heterocycles. The molecule has 0 unspecified atom stereocenters. The van der Waals surface area contributed by atoms with E-state index in [1.807, 2.05) is 65.5 Å². The predicted octanol–water partition coefficient (Wildman–Crippen LogP) is 13.1.